The van der Waals surface area contributed by atoms with Gasteiger partial charge in [-0.3, -0.25) is 9.59 Å². The SMILES string of the molecule is NCCCN1C(=O)C(=O)C(=C(O)c2ccc(Cl)cc2)C1c1ccccc1. The second-order valence-corrected chi connectivity index (χ2v) is 6.49. The van der Waals surface area contributed by atoms with Crippen LogP contribution in [0.1, 0.15) is 23.6 Å². The minimum absolute atomic E-state index is 0.0838. The monoisotopic (exact) mass is 370 g/mol. The fourth-order valence-electron chi connectivity index (χ4n) is 3.12. The Morgan fingerprint density at radius 1 is 1.08 bits per heavy atom. The summed E-state index contributed by atoms with van der Waals surface area (Å²) >= 11 is 5.89. The third-order valence-electron chi connectivity index (χ3n) is 4.38. The lowest BCUT2D eigenvalue weighted by atomic mass is 9.95. The molecule has 1 atom stereocenters. The first-order chi connectivity index (χ1) is 12.5. The third-order valence-corrected chi connectivity index (χ3v) is 4.63. The van der Waals surface area contributed by atoms with Crippen LogP contribution in [0.5, 0.6) is 0 Å². The summed E-state index contributed by atoms with van der Waals surface area (Å²) in [5, 5.41) is 11.3. The highest BCUT2D eigenvalue weighted by Crippen LogP contribution is 2.39. The normalized spacial score (nSPS) is 19.2. The van der Waals surface area contributed by atoms with Crippen LogP contribution in [0.2, 0.25) is 5.02 Å². The molecule has 3 rings (SSSR count). The molecule has 0 saturated carbocycles. The van der Waals surface area contributed by atoms with E-state index in [1.165, 1.54) is 4.90 Å². The van der Waals surface area contributed by atoms with E-state index in [9.17, 15) is 14.7 Å². The standard InChI is InChI=1S/C20H19ClN2O3/c21-15-9-7-14(8-10-15)18(24)16-17(13-5-2-1-3-6-13)23(12-4-11-22)20(26)19(16)25/h1-3,5-10,17,24H,4,11-12,22H2. The Bertz CT molecular complexity index is 847. The molecule has 0 bridgehead atoms. The van der Waals surface area contributed by atoms with Crippen molar-refractivity contribution in [2.45, 2.75) is 12.5 Å². The Morgan fingerprint density at radius 2 is 1.73 bits per heavy atom. The molecular formula is C20H19ClN2O3. The molecule has 0 aliphatic carbocycles. The van der Waals surface area contributed by atoms with Crippen LogP contribution in [-0.2, 0) is 9.59 Å². The number of carbonyl (C=O) groups excluding carboxylic acids is 2. The summed E-state index contributed by atoms with van der Waals surface area (Å²) in [5.41, 5.74) is 6.86. The number of nitrogens with two attached hydrogens (primary N) is 1. The van der Waals surface area contributed by atoms with Gasteiger partial charge in [-0.2, -0.15) is 0 Å². The summed E-state index contributed by atoms with van der Waals surface area (Å²) in [6.07, 6.45) is 0.567. The van der Waals surface area contributed by atoms with Gasteiger partial charge in [0, 0.05) is 17.1 Å². The number of carbonyl (C=O) groups is 2. The van der Waals surface area contributed by atoms with Crippen molar-refractivity contribution in [1.29, 1.82) is 0 Å². The molecule has 5 nitrogen and oxygen atoms in total. The lowest BCUT2D eigenvalue weighted by molar-refractivity contribution is -0.139. The molecule has 3 N–H and O–H groups in total. The summed E-state index contributed by atoms with van der Waals surface area (Å²) in [7, 11) is 0. The van der Waals surface area contributed by atoms with E-state index in [4.69, 9.17) is 17.3 Å². The van der Waals surface area contributed by atoms with Crippen molar-refractivity contribution in [3.63, 3.8) is 0 Å². The van der Waals surface area contributed by atoms with Crippen LogP contribution in [-0.4, -0.2) is 34.8 Å². The number of nitrogens with zero attached hydrogens (tertiary/aromatic N) is 1. The molecule has 26 heavy (non-hydrogen) atoms. The molecule has 0 radical (unpaired) electrons. The lowest BCUT2D eigenvalue weighted by Gasteiger charge is -2.25. The number of ketones is 1. The first-order valence-corrected chi connectivity index (χ1v) is 8.71. The number of amides is 1. The van der Waals surface area contributed by atoms with Crippen molar-refractivity contribution < 1.29 is 14.7 Å². The number of halogens is 1. The average Bonchev–Trinajstić information content (AvgIpc) is 2.91. The second-order valence-electron chi connectivity index (χ2n) is 6.05. The quantitative estimate of drug-likeness (QED) is 0.481. The highest BCUT2D eigenvalue weighted by molar-refractivity contribution is 6.46. The Kier molecular flexibility index (Phi) is 5.40. The van der Waals surface area contributed by atoms with E-state index in [2.05, 4.69) is 0 Å². The summed E-state index contributed by atoms with van der Waals surface area (Å²) in [4.78, 5) is 26.7. The van der Waals surface area contributed by atoms with Crippen LogP contribution in [0.3, 0.4) is 0 Å². The van der Waals surface area contributed by atoms with Crippen LogP contribution in [0.15, 0.2) is 60.2 Å². The zero-order valence-corrected chi connectivity index (χ0v) is 14.8. The van der Waals surface area contributed by atoms with Crippen LogP contribution < -0.4 is 5.73 Å². The van der Waals surface area contributed by atoms with Gasteiger partial charge in [0.1, 0.15) is 5.76 Å². The molecule has 1 saturated heterocycles. The van der Waals surface area contributed by atoms with Crippen LogP contribution in [0.4, 0.5) is 0 Å². The Hall–Kier alpha value is -2.63. The van der Waals surface area contributed by atoms with E-state index in [0.29, 0.717) is 30.1 Å². The van der Waals surface area contributed by atoms with Gasteiger partial charge in [0.2, 0.25) is 0 Å². The number of hydrogen-bond acceptors (Lipinski definition) is 4. The Labute approximate surface area is 156 Å². The van der Waals surface area contributed by atoms with E-state index >= 15 is 0 Å². The van der Waals surface area contributed by atoms with Gasteiger partial charge in [-0.05, 0) is 42.8 Å². The largest absolute Gasteiger partial charge is 0.507 e. The van der Waals surface area contributed by atoms with Crippen molar-refractivity contribution in [2.24, 2.45) is 5.73 Å². The second kappa shape index (κ2) is 7.72. The van der Waals surface area contributed by atoms with E-state index in [1.807, 2.05) is 30.3 Å². The van der Waals surface area contributed by atoms with Crippen LogP contribution >= 0.6 is 11.6 Å². The number of Topliss-reactive ketones (excluding diaryl/α,β-unsaturated/α-hetero) is 1. The summed E-state index contributed by atoms with van der Waals surface area (Å²) in [5.74, 6) is -1.52. The maximum Gasteiger partial charge on any atom is 0.295 e. The van der Waals surface area contributed by atoms with Gasteiger partial charge in [0.05, 0.1) is 11.6 Å². The number of aliphatic hydroxyl groups excluding tert-OH is 1. The number of rotatable bonds is 5. The highest BCUT2D eigenvalue weighted by Gasteiger charge is 2.45. The van der Waals surface area contributed by atoms with E-state index in [1.54, 1.807) is 24.3 Å². The first-order valence-electron chi connectivity index (χ1n) is 8.34. The first kappa shape index (κ1) is 18.2. The summed E-state index contributed by atoms with van der Waals surface area (Å²) in [6.45, 7) is 0.750. The van der Waals surface area contributed by atoms with Gasteiger partial charge in [-0.15, -0.1) is 0 Å². The Balaban J connectivity index is 2.14. The molecule has 1 aliphatic rings. The molecule has 1 unspecified atom stereocenters. The van der Waals surface area contributed by atoms with Gasteiger partial charge >= 0.3 is 0 Å². The van der Waals surface area contributed by atoms with Gasteiger partial charge in [-0.25, -0.2) is 0 Å². The average molecular weight is 371 g/mol. The molecule has 2 aromatic carbocycles. The molecule has 0 aromatic heterocycles. The summed E-state index contributed by atoms with van der Waals surface area (Å²) in [6, 6.07) is 15.0. The smallest absolute Gasteiger partial charge is 0.295 e. The van der Waals surface area contributed by atoms with Crippen molar-refractivity contribution >= 4 is 29.1 Å². The minimum Gasteiger partial charge on any atom is -0.507 e. The molecule has 1 fully saturated rings. The Morgan fingerprint density at radius 3 is 2.35 bits per heavy atom. The molecule has 2 aromatic rings. The van der Waals surface area contributed by atoms with Gasteiger partial charge < -0.3 is 15.7 Å². The molecule has 1 heterocycles. The molecule has 134 valence electrons. The highest BCUT2D eigenvalue weighted by atomic mass is 35.5. The fraction of sp³-hybridized carbons (Fsp3) is 0.200. The fourth-order valence-corrected chi connectivity index (χ4v) is 3.24. The van der Waals surface area contributed by atoms with Gasteiger partial charge in [-0.1, -0.05) is 41.9 Å². The van der Waals surface area contributed by atoms with E-state index < -0.39 is 17.7 Å². The zero-order chi connectivity index (χ0) is 18.7. The van der Waals surface area contributed by atoms with Crippen molar-refractivity contribution in [2.75, 3.05) is 13.1 Å². The van der Waals surface area contributed by atoms with Crippen molar-refractivity contribution in [3.8, 4) is 0 Å². The third kappa shape index (κ3) is 3.36. The molecule has 1 aliphatic heterocycles. The predicted molar refractivity (Wildman–Crippen MR) is 101 cm³/mol. The topological polar surface area (TPSA) is 83.6 Å². The number of aliphatic hydroxyl groups is 1. The van der Waals surface area contributed by atoms with Crippen LogP contribution in [0, 0.1) is 0 Å². The maximum atomic E-state index is 12.7. The minimum atomic E-state index is -0.691. The maximum absolute atomic E-state index is 12.7. The zero-order valence-electron chi connectivity index (χ0n) is 14.1. The molecule has 0 spiro atoms. The predicted octanol–water partition coefficient (Wildman–Crippen LogP) is 3.11. The molecule has 6 heteroatoms. The molecule has 1 amide bonds. The number of hydrogen-bond donors (Lipinski definition) is 2. The van der Waals surface area contributed by atoms with Gasteiger partial charge in [0.25, 0.3) is 11.7 Å². The van der Waals surface area contributed by atoms with E-state index in [-0.39, 0.29) is 11.3 Å². The van der Waals surface area contributed by atoms with Crippen molar-refractivity contribution in [3.05, 3.63) is 76.3 Å². The van der Waals surface area contributed by atoms with Gasteiger partial charge in [0.15, 0.2) is 0 Å². The number of benzene rings is 2. The number of likely N-dealkylation sites (tertiary alicyclic amines) is 1. The van der Waals surface area contributed by atoms with Crippen molar-refractivity contribution in [1.82, 2.24) is 4.90 Å². The summed E-state index contributed by atoms with van der Waals surface area (Å²) < 4.78 is 0. The molecular weight excluding hydrogens is 352 g/mol. The van der Waals surface area contributed by atoms with E-state index in [0.717, 1.165) is 5.56 Å². The van der Waals surface area contributed by atoms with Crippen LogP contribution in [0.25, 0.3) is 5.76 Å². The lowest BCUT2D eigenvalue weighted by Crippen LogP contribution is -2.31.